The first-order valence-electron chi connectivity index (χ1n) is 34.6. The monoisotopic (exact) mass is 1510 g/mol. The van der Waals surface area contributed by atoms with Gasteiger partial charge in [-0.2, -0.15) is 0 Å². The normalized spacial score (nSPS) is 18.9. The molecule has 1 saturated heterocycles. The van der Waals surface area contributed by atoms with Gasteiger partial charge in [0.1, 0.15) is 36.1 Å². The van der Waals surface area contributed by atoms with Crippen LogP contribution >= 0.6 is 11.6 Å². The van der Waals surface area contributed by atoms with Crippen LogP contribution < -0.4 is 71.5 Å². The molecule has 2 aromatic rings. The molecule has 104 heavy (non-hydrogen) atoms. The number of carbonyl (C=O) groups excluding carboxylic acids is 10. The first kappa shape index (κ1) is 91.4. The second-order valence-corrected chi connectivity index (χ2v) is 28.4. The van der Waals surface area contributed by atoms with Gasteiger partial charge in [0, 0.05) is 90.8 Å². The predicted molar refractivity (Wildman–Crippen MR) is 373 cm³/mol. The summed E-state index contributed by atoms with van der Waals surface area (Å²) in [5.41, 5.74) is 0.702. The zero-order valence-corrected chi connectivity index (χ0v) is 64.9. The Bertz CT molecular complexity index is 3270. The van der Waals surface area contributed by atoms with Crippen molar-refractivity contribution in [2.75, 3.05) is 98.9 Å². The molecule has 576 valence electrons. The summed E-state index contributed by atoms with van der Waals surface area (Å²) in [6.45, 7) is 13.4. The van der Waals surface area contributed by atoms with Gasteiger partial charge in [0.15, 0.2) is 6.10 Å². The number of cyclic esters (lactones) is 2. The first-order chi connectivity index (χ1) is 48.8. The third kappa shape index (κ3) is 35.5. The molecule has 4 rings (SSSR count). The van der Waals surface area contributed by atoms with Gasteiger partial charge in [0.05, 0.1) is 92.2 Å². The van der Waals surface area contributed by atoms with E-state index in [2.05, 4.69) is 37.2 Å². The van der Waals surface area contributed by atoms with Gasteiger partial charge in [0.2, 0.25) is 47.3 Å². The number of rotatable bonds is 44. The van der Waals surface area contributed by atoms with Crippen molar-refractivity contribution in [1.29, 1.82) is 0 Å². The van der Waals surface area contributed by atoms with Crippen LogP contribution in [0.2, 0.25) is 5.02 Å². The Labute approximate surface area is 635 Å². The zero-order chi connectivity index (χ0) is 76.2. The molecular weight excluding hydrogens is 1410 g/mol. The number of hydrogen-bond acceptors (Lipinski definition) is 22. The van der Waals surface area contributed by atoms with Crippen molar-refractivity contribution < 1.29 is 138 Å². The van der Waals surface area contributed by atoms with Crippen LogP contribution in [0.4, 0.5) is 0 Å². The number of halogens is 1. The van der Waals surface area contributed by atoms with Crippen molar-refractivity contribution in [3.05, 3.63) is 76.3 Å². The molecule has 8 amide bonds. The van der Waals surface area contributed by atoms with Gasteiger partial charge in [-0.3, -0.25) is 47.9 Å². The fourth-order valence-electron chi connectivity index (χ4n) is 10.5. The quantitative estimate of drug-likeness (QED) is 0.0141. The summed E-state index contributed by atoms with van der Waals surface area (Å²) in [5.74, 6) is -9.25. The number of aliphatic carboxylic acids is 1. The number of esters is 2. The molecular formula is C70H104ClN8NaO23S. The summed E-state index contributed by atoms with van der Waals surface area (Å²) in [5, 5.41) is 28.6. The van der Waals surface area contributed by atoms with Crippen LogP contribution in [0.3, 0.4) is 0 Å². The Balaban J connectivity index is 0.0000281. The van der Waals surface area contributed by atoms with Crippen molar-refractivity contribution in [3.8, 4) is 5.75 Å². The number of hydrogen-bond donors (Lipinski definition) is 8. The van der Waals surface area contributed by atoms with Gasteiger partial charge in [0.25, 0.3) is 0 Å². The number of methoxy groups -OCH3 is 2. The van der Waals surface area contributed by atoms with Crippen LogP contribution in [-0.2, 0) is 109 Å². The number of unbranched alkanes of at least 4 members (excludes halogenated alkanes) is 1. The Morgan fingerprint density at radius 1 is 0.760 bits per heavy atom. The minimum absolute atomic E-state index is 0. The molecule has 0 bridgehead atoms. The van der Waals surface area contributed by atoms with E-state index < -0.39 is 167 Å². The molecule has 31 nitrogen and oxygen atoms in total. The Hall–Kier alpha value is -6.85. The van der Waals surface area contributed by atoms with Gasteiger partial charge >= 0.3 is 47.5 Å². The smallest absolute Gasteiger partial charge is 0.748 e. The molecule has 2 aliphatic rings. The zero-order valence-electron chi connectivity index (χ0n) is 61.3. The minimum Gasteiger partial charge on any atom is -0.748 e. The van der Waals surface area contributed by atoms with E-state index in [-0.39, 0.29) is 119 Å². The molecule has 8 N–H and O–H groups in total. The van der Waals surface area contributed by atoms with Crippen molar-refractivity contribution in [3.63, 3.8) is 0 Å². The first-order valence-corrected chi connectivity index (χ1v) is 36.6. The second kappa shape index (κ2) is 47.7. The fraction of sp³-hybridized carbons (Fsp3) is 0.643. The Kier molecular flexibility index (Phi) is 41.9. The summed E-state index contributed by atoms with van der Waals surface area (Å²) >= 11 is 6.41. The summed E-state index contributed by atoms with van der Waals surface area (Å²) in [6, 6.07) is 8.70. The standard InChI is InChI=1S/C70H105ClN8O23S.Na/c1-44(2)39-55-68(90)100-53(14-12-15-58(82)76-52(41-48-18-21-54(96-9)50(71)40-48)66(88)75-43-70(6,7)69(91)101-55)46(5)63-64(102-63)49-19-16-47(17-20-49)42-74-65(87)51(13-10-11-27-72-57(81)26-31-97-34-35-99-37-36-98-33-32-95-8)77-67(89)62(45(3)4)78-59(83)24-29-79(30-25-61(85)86)60(84)23-22-56(80)73-28-38-103(92,93)94;/h12,15-21,40,44-46,51-53,55,62-64H,10-11,13-14,22-39,41-43H2,1-9H3,(H,72,81)(H,73,80)(H,74,87)(H,75,88)(H,76,82)(H,77,89)(H,78,83)(H,85,86)(H,92,93,94);/q;+1/p-1/b15-12+;/t46-,51-,52+,53-,55-,62-,63+,64+;/m0./s1. The maximum atomic E-state index is 14.2. The number of amides is 8. The van der Waals surface area contributed by atoms with E-state index in [4.69, 9.17) is 49.5 Å². The number of ether oxygens (including phenoxy) is 8. The van der Waals surface area contributed by atoms with Crippen molar-refractivity contribution >= 4 is 86.9 Å². The van der Waals surface area contributed by atoms with Crippen LogP contribution in [-0.4, -0.2) is 224 Å². The molecule has 8 atom stereocenters. The topological polar surface area (TPSA) is 430 Å². The van der Waals surface area contributed by atoms with E-state index in [1.165, 1.54) is 19.3 Å². The van der Waals surface area contributed by atoms with E-state index in [1.807, 2.05) is 32.9 Å². The Morgan fingerprint density at radius 2 is 1.39 bits per heavy atom. The molecule has 2 aliphatic heterocycles. The average Bonchev–Trinajstić information content (AvgIpc) is 1.63. The third-order valence-corrected chi connectivity index (χ3v) is 17.6. The maximum Gasteiger partial charge on any atom is 1.00 e. The molecule has 34 heteroatoms. The molecule has 0 radical (unpaired) electrons. The van der Waals surface area contributed by atoms with E-state index in [9.17, 15) is 70.8 Å². The largest absolute Gasteiger partial charge is 1.00 e. The van der Waals surface area contributed by atoms with Crippen LogP contribution in [0.1, 0.15) is 135 Å². The van der Waals surface area contributed by atoms with Crippen LogP contribution in [0.25, 0.3) is 0 Å². The third-order valence-electron chi connectivity index (χ3n) is 16.6. The molecule has 0 aromatic heterocycles. The van der Waals surface area contributed by atoms with E-state index in [0.29, 0.717) is 67.8 Å². The number of benzene rings is 2. The summed E-state index contributed by atoms with van der Waals surface area (Å²) < 4.78 is 77.6. The average molecular weight is 1520 g/mol. The van der Waals surface area contributed by atoms with Crippen molar-refractivity contribution in [2.24, 2.45) is 23.2 Å². The second-order valence-electron chi connectivity index (χ2n) is 26.5. The van der Waals surface area contributed by atoms with Crippen molar-refractivity contribution in [1.82, 2.24) is 42.1 Å². The number of nitrogens with one attached hydrogen (secondary N) is 7. The van der Waals surface area contributed by atoms with Crippen molar-refractivity contribution in [2.45, 2.75) is 168 Å². The Morgan fingerprint density at radius 3 is 2.02 bits per heavy atom. The van der Waals surface area contributed by atoms with Crippen LogP contribution in [0.5, 0.6) is 5.75 Å². The summed E-state index contributed by atoms with van der Waals surface area (Å²) in [4.78, 5) is 148. The van der Waals surface area contributed by atoms with Crippen LogP contribution in [0.15, 0.2) is 54.6 Å². The molecule has 2 heterocycles. The SMILES string of the molecule is COCCOCCOCCOCCC(=O)NCCCC[C@H](NC(=O)[C@@H](NC(=O)CCN(CCC(=O)O)C(=O)CCC(=O)NCCS(=O)(=O)[O-])C(C)C)C(=O)NCc1ccc([C@H]2O[C@@H]2[C@@H](C)[C@@H]2C/C=C/C(=O)N[C@H](Cc3ccc(OC)c(Cl)c3)C(=O)NCC(C)(C)C(=O)O[C@@H](CC(C)C)C(=O)O2)cc1.[Na+]. The molecule has 1 fully saturated rings. The molecule has 0 unspecified atom stereocenters. The molecule has 0 spiro atoms. The fourth-order valence-corrected chi connectivity index (χ4v) is 11.2. The van der Waals surface area contributed by atoms with Gasteiger partial charge in [-0.1, -0.05) is 82.6 Å². The van der Waals surface area contributed by atoms with Gasteiger partial charge in [-0.25, -0.2) is 13.2 Å². The summed E-state index contributed by atoms with van der Waals surface area (Å²) in [7, 11) is -1.56. The van der Waals surface area contributed by atoms with E-state index >= 15 is 0 Å². The number of epoxide rings is 1. The van der Waals surface area contributed by atoms with Gasteiger partial charge in [-0.15, -0.1) is 0 Å². The molecule has 0 saturated carbocycles. The number of carbonyl (C=O) groups is 11. The summed E-state index contributed by atoms with van der Waals surface area (Å²) in [6.07, 6.45) is -1.03. The van der Waals surface area contributed by atoms with Gasteiger partial charge < -0.3 is 89.7 Å². The predicted octanol–water partition coefficient (Wildman–Crippen LogP) is -0.122. The number of carboxylic acids is 1. The van der Waals surface area contributed by atoms with E-state index in [0.717, 1.165) is 10.5 Å². The van der Waals surface area contributed by atoms with Gasteiger partial charge in [-0.05, 0) is 86.3 Å². The molecule has 2 aromatic carbocycles. The van der Waals surface area contributed by atoms with Crippen LogP contribution in [0, 0.1) is 23.2 Å². The molecule has 0 aliphatic carbocycles. The maximum absolute atomic E-state index is 14.2. The van der Waals surface area contributed by atoms with E-state index in [1.54, 1.807) is 65.1 Å². The minimum atomic E-state index is -4.61. The number of carboxylic acid groups (broad SMARTS) is 1. The number of nitrogens with zero attached hydrogens (tertiary/aromatic N) is 1.